The first-order valence-corrected chi connectivity index (χ1v) is 7.75. The Morgan fingerprint density at radius 3 is 2.84 bits per heavy atom. The molecule has 1 atom stereocenters. The third kappa shape index (κ3) is 3.42. The summed E-state index contributed by atoms with van der Waals surface area (Å²) in [5.41, 5.74) is 1.24. The Kier molecular flexibility index (Phi) is 5.10. The second-order valence-corrected chi connectivity index (χ2v) is 5.91. The Hall–Kier alpha value is -1.20. The molecule has 0 saturated heterocycles. The molecule has 0 aliphatic rings. The van der Waals surface area contributed by atoms with E-state index >= 15 is 0 Å². The summed E-state index contributed by atoms with van der Waals surface area (Å²) in [6, 6.07) is 2.32. The third-order valence-electron chi connectivity index (χ3n) is 3.00. The largest absolute Gasteiger partial charge is 0.304 e. The zero-order valence-electron chi connectivity index (χ0n) is 11.9. The van der Waals surface area contributed by atoms with E-state index in [0.29, 0.717) is 0 Å². The van der Waals surface area contributed by atoms with Crippen molar-refractivity contribution in [3.63, 3.8) is 0 Å². The molecule has 0 saturated carbocycles. The fraction of sp³-hybridized carbons (Fsp3) is 0.571. The Balaban J connectivity index is 2.28. The van der Waals surface area contributed by atoms with Gasteiger partial charge in [0.2, 0.25) is 0 Å². The topological polar surface area (TPSA) is 42.7 Å². The van der Waals surface area contributed by atoms with Gasteiger partial charge in [-0.25, -0.2) is 4.98 Å². The molecule has 19 heavy (non-hydrogen) atoms. The van der Waals surface area contributed by atoms with E-state index in [2.05, 4.69) is 40.0 Å². The lowest BCUT2D eigenvalue weighted by molar-refractivity contribution is 0.515. The number of nitrogens with one attached hydrogen (secondary N) is 1. The maximum atomic E-state index is 4.43. The molecule has 0 aliphatic carbocycles. The van der Waals surface area contributed by atoms with Gasteiger partial charge in [-0.2, -0.15) is 5.10 Å². The van der Waals surface area contributed by atoms with Crippen LogP contribution >= 0.6 is 11.3 Å². The second kappa shape index (κ2) is 6.82. The summed E-state index contributed by atoms with van der Waals surface area (Å²) in [6.07, 6.45) is 6.09. The van der Waals surface area contributed by atoms with Gasteiger partial charge < -0.3 is 5.32 Å². The summed E-state index contributed by atoms with van der Waals surface area (Å²) in [5.74, 6) is 0. The molecule has 2 aromatic rings. The average molecular weight is 278 g/mol. The molecule has 0 bridgehead atoms. The monoisotopic (exact) mass is 278 g/mol. The van der Waals surface area contributed by atoms with Crippen LogP contribution in [0.15, 0.2) is 18.5 Å². The van der Waals surface area contributed by atoms with E-state index in [1.54, 1.807) is 11.3 Å². The minimum Gasteiger partial charge on any atom is -0.304 e. The highest BCUT2D eigenvalue weighted by molar-refractivity contribution is 7.11. The quantitative estimate of drug-likeness (QED) is 0.846. The van der Waals surface area contributed by atoms with Crippen LogP contribution in [0.1, 0.15) is 48.3 Å². The van der Waals surface area contributed by atoms with Crippen molar-refractivity contribution in [2.45, 2.75) is 46.2 Å². The molecule has 0 spiro atoms. The molecule has 1 unspecified atom stereocenters. The highest BCUT2D eigenvalue weighted by Gasteiger charge is 2.19. The molecule has 0 aromatic carbocycles. The zero-order chi connectivity index (χ0) is 13.7. The van der Waals surface area contributed by atoms with E-state index in [9.17, 15) is 0 Å². The van der Waals surface area contributed by atoms with Crippen LogP contribution < -0.4 is 5.32 Å². The molecule has 2 heterocycles. The molecule has 5 heteroatoms. The number of thiazole rings is 1. The van der Waals surface area contributed by atoms with Crippen LogP contribution in [0.25, 0.3) is 0 Å². The van der Waals surface area contributed by atoms with Crippen molar-refractivity contribution in [1.29, 1.82) is 0 Å². The van der Waals surface area contributed by atoms with Crippen LogP contribution in [0.2, 0.25) is 0 Å². The molecule has 0 amide bonds. The van der Waals surface area contributed by atoms with Gasteiger partial charge in [-0.1, -0.05) is 13.8 Å². The first-order chi connectivity index (χ1) is 9.26. The minimum absolute atomic E-state index is 0.209. The van der Waals surface area contributed by atoms with E-state index in [-0.39, 0.29) is 6.04 Å². The van der Waals surface area contributed by atoms with Gasteiger partial charge in [0.25, 0.3) is 0 Å². The van der Waals surface area contributed by atoms with Crippen molar-refractivity contribution in [2.75, 3.05) is 6.54 Å². The second-order valence-electron chi connectivity index (χ2n) is 4.65. The number of aryl methyl sites for hydroxylation is 2. The predicted molar refractivity (Wildman–Crippen MR) is 79.5 cm³/mol. The lowest BCUT2D eigenvalue weighted by atomic mass is 10.1. The van der Waals surface area contributed by atoms with Crippen molar-refractivity contribution in [1.82, 2.24) is 20.1 Å². The maximum absolute atomic E-state index is 4.43. The third-order valence-corrected chi connectivity index (χ3v) is 3.98. The van der Waals surface area contributed by atoms with E-state index < -0.39 is 0 Å². The lowest BCUT2D eigenvalue weighted by Crippen LogP contribution is -2.25. The fourth-order valence-corrected chi connectivity index (χ4v) is 3.01. The van der Waals surface area contributed by atoms with E-state index in [4.69, 9.17) is 0 Å². The van der Waals surface area contributed by atoms with Crippen LogP contribution in [-0.2, 0) is 6.54 Å². The normalized spacial score (nSPS) is 12.8. The number of rotatable bonds is 7. The Bertz CT molecular complexity index is 503. The summed E-state index contributed by atoms with van der Waals surface area (Å²) in [7, 11) is 0. The van der Waals surface area contributed by atoms with Crippen molar-refractivity contribution in [3.8, 4) is 0 Å². The van der Waals surface area contributed by atoms with Crippen LogP contribution in [0.3, 0.4) is 0 Å². The number of hydrogen-bond donors (Lipinski definition) is 1. The minimum atomic E-state index is 0.209. The predicted octanol–water partition coefficient (Wildman–Crippen LogP) is 3.15. The van der Waals surface area contributed by atoms with Gasteiger partial charge in [-0.05, 0) is 32.4 Å². The van der Waals surface area contributed by atoms with Gasteiger partial charge in [0.1, 0.15) is 0 Å². The summed E-state index contributed by atoms with van der Waals surface area (Å²) < 4.78 is 2.10. The summed E-state index contributed by atoms with van der Waals surface area (Å²) in [6.45, 7) is 8.37. The Morgan fingerprint density at radius 1 is 1.37 bits per heavy atom. The van der Waals surface area contributed by atoms with Gasteiger partial charge in [0.15, 0.2) is 0 Å². The summed E-state index contributed by atoms with van der Waals surface area (Å²) in [4.78, 5) is 5.65. The highest BCUT2D eigenvalue weighted by atomic mass is 32.1. The SMILES string of the molecule is CCCNC(c1cnc(C)s1)c1ccnn1CCC. The molecule has 2 aromatic heterocycles. The number of hydrogen-bond acceptors (Lipinski definition) is 4. The van der Waals surface area contributed by atoms with E-state index in [0.717, 1.165) is 30.9 Å². The van der Waals surface area contributed by atoms with Crippen LogP contribution in [0.5, 0.6) is 0 Å². The van der Waals surface area contributed by atoms with Gasteiger partial charge in [-0.3, -0.25) is 4.68 Å². The molecule has 104 valence electrons. The molecule has 2 rings (SSSR count). The molecular weight excluding hydrogens is 256 g/mol. The standard InChI is InChI=1S/C14H22N4S/c1-4-7-15-14(13-10-16-11(3)19-13)12-6-8-17-18(12)9-5-2/h6,8,10,14-15H,4-5,7,9H2,1-3H3. The maximum Gasteiger partial charge on any atom is 0.0897 e. The lowest BCUT2D eigenvalue weighted by Gasteiger charge is -2.18. The molecule has 0 fully saturated rings. The van der Waals surface area contributed by atoms with Crippen molar-refractivity contribution >= 4 is 11.3 Å². The van der Waals surface area contributed by atoms with Crippen molar-refractivity contribution in [3.05, 3.63) is 34.0 Å². The van der Waals surface area contributed by atoms with Crippen LogP contribution in [-0.4, -0.2) is 21.3 Å². The van der Waals surface area contributed by atoms with E-state index in [1.165, 1.54) is 10.6 Å². The van der Waals surface area contributed by atoms with Gasteiger partial charge in [0, 0.05) is 23.8 Å². The summed E-state index contributed by atoms with van der Waals surface area (Å²) >= 11 is 1.76. The highest BCUT2D eigenvalue weighted by Crippen LogP contribution is 2.26. The molecule has 1 N–H and O–H groups in total. The number of aromatic nitrogens is 3. The zero-order valence-corrected chi connectivity index (χ0v) is 12.7. The van der Waals surface area contributed by atoms with Crippen LogP contribution in [0.4, 0.5) is 0 Å². The van der Waals surface area contributed by atoms with Gasteiger partial charge in [-0.15, -0.1) is 11.3 Å². The van der Waals surface area contributed by atoms with Crippen LogP contribution in [0, 0.1) is 6.92 Å². The van der Waals surface area contributed by atoms with E-state index in [1.807, 2.05) is 19.3 Å². The summed E-state index contributed by atoms with van der Waals surface area (Å²) in [5, 5.41) is 9.15. The fourth-order valence-electron chi connectivity index (χ4n) is 2.14. The molecule has 4 nitrogen and oxygen atoms in total. The Labute approximate surface area is 118 Å². The molecule has 0 aliphatic heterocycles. The van der Waals surface area contributed by atoms with Crippen molar-refractivity contribution in [2.24, 2.45) is 0 Å². The Morgan fingerprint density at radius 2 is 2.21 bits per heavy atom. The first-order valence-electron chi connectivity index (χ1n) is 6.93. The average Bonchev–Trinajstić information content (AvgIpc) is 3.01. The smallest absolute Gasteiger partial charge is 0.0897 e. The first kappa shape index (κ1) is 14.2. The molecular formula is C14H22N4S. The van der Waals surface area contributed by atoms with Gasteiger partial charge in [0.05, 0.1) is 16.7 Å². The van der Waals surface area contributed by atoms with Gasteiger partial charge >= 0.3 is 0 Å². The molecule has 0 radical (unpaired) electrons. The van der Waals surface area contributed by atoms with Crippen molar-refractivity contribution < 1.29 is 0 Å². The number of nitrogens with zero attached hydrogens (tertiary/aromatic N) is 3.